The fourth-order valence-corrected chi connectivity index (χ4v) is 2.53. The van der Waals surface area contributed by atoms with Crippen LogP contribution >= 0.6 is 11.6 Å². The second kappa shape index (κ2) is 7.77. The van der Waals surface area contributed by atoms with Gasteiger partial charge >= 0.3 is 0 Å². The van der Waals surface area contributed by atoms with Crippen molar-refractivity contribution in [1.82, 2.24) is 20.1 Å². The zero-order valence-corrected chi connectivity index (χ0v) is 14.4. The topological polar surface area (TPSA) is 59.8 Å². The first kappa shape index (κ1) is 16.9. The Labute approximate surface area is 151 Å². The summed E-state index contributed by atoms with van der Waals surface area (Å²) in [5.74, 6) is -0.188. The number of carbonyl (C=O) groups excluding carboxylic acids is 1. The Hall–Kier alpha value is -2.92. The molecule has 0 aliphatic carbocycles. The molecule has 1 aromatic carbocycles. The lowest BCUT2D eigenvalue weighted by Crippen LogP contribution is -2.20. The van der Waals surface area contributed by atoms with Crippen molar-refractivity contribution in [3.63, 3.8) is 0 Å². The van der Waals surface area contributed by atoms with Gasteiger partial charge in [-0.25, -0.2) is 0 Å². The van der Waals surface area contributed by atoms with Crippen molar-refractivity contribution in [2.24, 2.45) is 7.05 Å². The molecule has 1 amide bonds. The van der Waals surface area contributed by atoms with Crippen molar-refractivity contribution < 1.29 is 4.79 Å². The second-order valence-electron chi connectivity index (χ2n) is 5.56. The zero-order chi connectivity index (χ0) is 17.6. The summed E-state index contributed by atoms with van der Waals surface area (Å²) in [6.07, 6.45) is 10.4. The molecule has 0 unspecified atom stereocenters. The minimum absolute atomic E-state index is 0.188. The van der Waals surface area contributed by atoms with Crippen molar-refractivity contribution >= 4 is 23.6 Å². The van der Waals surface area contributed by atoms with Crippen LogP contribution in [0, 0.1) is 0 Å². The largest absolute Gasteiger partial charge is 0.348 e. The standard InChI is InChI=1S/C19H17ClN4O/c1-24-13-17(12-23-24)16-8-14(9-21-11-16)10-22-19(25)7-6-15-4-2-3-5-18(15)20/h2-9,11-13H,10H2,1H3,(H,22,25)/b7-6+. The Morgan fingerprint density at radius 3 is 2.84 bits per heavy atom. The van der Waals surface area contributed by atoms with Crippen LogP contribution in [-0.2, 0) is 18.4 Å². The highest BCUT2D eigenvalue weighted by Gasteiger charge is 2.04. The highest BCUT2D eigenvalue weighted by atomic mass is 35.5. The minimum Gasteiger partial charge on any atom is -0.348 e. The molecule has 25 heavy (non-hydrogen) atoms. The summed E-state index contributed by atoms with van der Waals surface area (Å²) in [6.45, 7) is 0.396. The van der Waals surface area contributed by atoms with E-state index in [0.29, 0.717) is 11.6 Å². The van der Waals surface area contributed by atoms with E-state index >= 15 is 0 Å². The molecule has 6 heteroatoms. The molecule has 0 saturated heterocycles. The lowest BCUT2D eigenvalue weighted by Gasteiger charge is -2.04. The molecule has 0 atom stereocenters. The first-order valence-electron chi connectivity index (χ1n) is 7.75. The van der Waals surface area contributed by atoms with Crippen molar-refractivity contribution in [1.29, 1.82) is 0 Å². The molecule has 0 radical (unpaired) electrons. The van der Waals surface area contributed by atoms with Crippen LogP contribution in [0.4, 0.5) is 0 Å². The predicted octanol–water partition coefficient (Wildman–Crippen LogP) is 3.47. The molecule has 0 spiro atoms. The summed E-state index contributed by atoms with van der Waals surface area (Å²) >= 11 is 6.06. The number of hydrogen-bond acceptors (Lipinski definition) is 3. The van der Waals surface area contributed by atoms with Gasteiger partial charge in [0.05, 0.1) is 6.20 Å². The van der Waals surface area contributed by atoms with E-state index in [2.05, 4.69) is 15.4 Å². The van der Waals surface area contributed by atoms with Crippen molar-refractivity contribution in [3.05, 3.63) is 77.3 Å². The lowest BCUT2D eigenvalue weighted by molar-refractivity contribution is -0.116. The highest BCUT2D eigenvalue weighted by Crippen LogP contribution is 2.18. The van der Waals surface area contributed by atoms with E-state index in [0.717, 1.165) is 22.3 Å². The maximum atomic E-state index is 12.0. The third-order valence-electron chi connectivity index (χ3n) is 3.62. The number of carbonyl (C=O) groups is 1. The van der Waals surface area contributed by atoms with Crippen LogP contribution in [0.2, 0.25) is 5.02 Å². The summed E-state index contributed by atoms with van der Waals surface area (Å²) in [6, 6.07) is 9.35. The molecule has 5 nitrogen and oxygen atoms in total. The average Bonchev–Trinajstić information content (AvgIpc) is 3.06. The van der Waals surface area contributed by atoms with Crippen molar-refractivity contribution in [2.75, 3.05) is 0 Å². The van der Waals surface area contributed by atoms with E-state index < -0.39 is 0 Å². The maximum Gasteiger partial charge on any atom is 0.244 e. The third-order valence-corrected chi connectivity index (χ3v) is 3.96. The van der Waals surface area contributed by atoms with E-state index in [1.54, 1.807) is 35.4 Å². The zero-order valence-electron chi connectivity index (χ0n) is 13.7. The van der Waals surface area contributed by atoms with Gasteiger partial charge < -0.3 is 5.32 Å². The normalized spacial score (nSPS) is 11.0. The molecule has 0 saturated carbocycles. The van der Waals surface area contributed by atoms with Crippen LogP contribution in [0.25, 0.3) is 17.2 Å². The van der Waals surface area contributed by atoms with E-state index in [-0.39, 0.29) is 5.91 Å². The van der Waals surface area contributed by atoms with Crippen molar-refractivity contribution in [2.45, 2.75) is 6.54 Å². The molecule has 3 aromatic rings. The van der Waals surface area contributed by atoms with Crippen LogP contribution < -0.4 is 5.32 Å². The lowest BCUT2D eigenvalue weighted by atomic mass is 10.1. The number of rotatable bonds is 5. The molecule has 1 N–H and O–H groups in total. The van der Waals surface area contributed by atoms with Gasteiger partial charge in [0.2, 0.25) is 5.91 Å². The molecular weight excluding hydrogens is 336 g/mol. The quantitative estimate of drug-likeness (QED) is 0.715. The number of aromatic nitrogens is 3. The smallest absolute Gasteiger partial charge is 0.244 e. The van der Waals surface area contributed by atoms with Crippen LogP contribution in [-0.4, -0.2) is 20.7 Å². The fourth-order valence-electron chi connectivity index (χ4n) is 2.34. The molecule has 0 aliphatic rings. The Kier molecular flexibility index (Phi) is 5.26. The SMILES string of the molecule is Cn1cc(-c2cncc(CNC(=O)/C=C/c3ccccc3Cl)c2)cn1. The van der Waals surface area contributed by atoms with Crippen LogP contribution in [0.5, 0.6) is 0 Å². The van der Waals surface area contributed by atoms with Gasteiger partial charge in [0.1, 0.15) is 0 Å². The van der Waals surface area contributed by atoms with Crippen LogP contribution in [0.15, 0.2) is 61.2 Å². The van der Waals surface area contributed by atoms with E-state index in [1.807, 2.05) is 37.5 Å². The fraction of sp³-hybridized carbons (Fsp3) is 0.105. The minimum atomic E-state index is -0.188. The molecule has 0 aliphatic heterocycles. The number of benzene rings is 1. The first-order chi connectivity index (χ1) is 12.1. The Morgan fingerprint density at radius 1 is 1.24 bits per heavy atom. The summed E-state index contributed by atoms with van der Waals surface area (Å²) in [7, 11) is 1.87. The number of aryl methyl sites for hydroxylation is 1. The van der Waals surface area contributed by atoms with Crippen LogP contribution in [0.1, 0.15) is 11.1 Å². The summed E-state index contributed by atoms with van der Waals surface area (Å²) in [5, 5.41) is 7.61. The Balaban J connectivity index is 1.62. The predicted molar refractivity (Wildman–Crippen MR) is 98.8 cm³/mol. The summed E-state index contributed by atoms with van der Waals surface area (Å²) in [4.78, 5) is 16.2. The van der Waals surface area contributed by atoms with Crippen molar-refractivity contribution in [3.8, 4) is 11.1 Å². The van der Waals surface area contributed by atoms with Gasteiger partial charge in [0, 0.05) is 54.4 Å². The Morgan fingerprint density at radius 2 is 2.08 bits per heavy atom. The number of hydrogen-bond donors (Lipinski definition) is 1. The van der Waals surface area contributed by atoms with Gasteiger partial charge in [-0.3, -0.25) is 14.5 Å². The van der Waals surface area contributed by atoms with Gasteiger partial charge in [0.15, 0.2) is 0 Å². The first-order valence-corrected chi connectivity index (χ1v) is 8.13. The molecule has 3 rings (SSSR count). The number of nitrogens with one attached hydrogen (secondary N) is 1. The molecule has 2 aromatic heterocycles. The van der Waals surface area contributed by atoms with Crippen LogP contribution in [0.3, 0.4) is 0 Å². The van der Waals surface area contributed by atoms with Gasteiger partial charge in [-0.1, -0.05) is 29.8 Å². The molecule has 0 bridgehead atoms. The monoisotopic (exact) mass is 352 g/mol. The molecule has 2 heterocycles. The number of pyridine rings is 1. The Bertz CT molecular complexity index is 917. The molecular formula is C19H17ClN4O. The summed E-state index contributed by atoms with van der Waals surface area (Å²) < 4.78 is 1.74. The maximum absolute atomic E-state index is 12.0. The number of nitrogens with zero attached hydrogens (tertiary/aromatic N) is 3. The third kappa shape index (κ3) is 4.55. The molecule has 126 valence electrons. The summed E-state index contributed by atoms with van der Waals surface area (Å²) in [5.41, 5.74) is 3.67. The van der Waals surface area contributed by atoms with E-state index in [4.69, 9.17) is 11.6 Å². The van der Waals surface area contributed by atoms with E-state index in [9.17, 15) is 4.79 Å². The van der Waals surface area contributed by atoms with Gasteiger partial charge in [0.25, 0.3) is 0 Å². The number of amides is 1. The highest BCUT2D eigenvalue weighted by molar-refractivity contribution is 6.32. The van der Waals surface area contributed by atoms with E-state index in [1.165, 1.54) is 6.08 Å². The average molecular weight is 353 g/mol. The number of halogens is 1. The molecule has 0 fully saturated rings. The van der Waals surface area contributed by atoms with Gasteiger partial charge in [-0.15, -0.1) is 0 Å². The van der Waals surface area contributed by atoms with Gasteiger partial charge in [-0.2, -0.15) is 5.10 Å². The van der Waals surface area contributed by atoms with Gasteiger partial charge in [-0.05, 0) is 29.3 Å². The second-order valence-corrected chi connectivity index (χ2v) is 5.96.